The first-order valence-electron chi connectivity index (χ1n) is 11.1. The van der Waals surface area contributed by atoms with E-state index in [9.17, 15) is 4.79 Å². The Morgan fingerprint density at radius 3 is 2.53 bits per heavy atom. The number of anilines is 1. The standard InChI is InChI=1S/C25H35N3O2/c1-28(22-9-4-3-5-10-22)19-21-8-6-7-11-24(21)27-18-25(29)26-17-16-20-12-14-23(30-2)15-13-20/h6-8,11-15,22,27H,3-5,9-10,16-19H2,1-2H3,(H,26,29). The SMILES string of the molecule is COc1ccc(CCNC(=O)CNc2ccccc2CN(C)C2CCCCC2)cc1. The molecule has 2 N–H and O–H groups in total. The van der Waals surface area contributed by atoms with Gasteiger partial charge in [-0.15, -0.1) is 0 Å². The van der Waals surface area contributed by atoms with Gasteiger partial charge in [-0.1, -0.05) is 49.6 Å². The van der Waals surface area contributed by atoms with Crippen LogP contribution in [-0.4, -0.2) is 44.1 Å². The van der Waals surface area contributed by atoms with Gasteiger partial charge in [-0.25, -0.2) is 0 Å². The molecule has 1 saturated carbocycles. The molecule has 30 heavy (non-hydrogen) atoms. The molecule has 0 aromatic heterocycles. The minimum Gasteiger partial charge on any atom is -0.497 e. The number of hydrogen-bond donors (Lipinski definition) is 2. The van der Waals surface area contributed by atoms with Crippen LogP contribution in [-0.2, 0) is 17.8 Å². The second-order valence-corrected chi connectivity index (χ2v) is 8.17. The van der Waals surface area contributed by atoms with Crippen molar-refractivity contribution < 1.29 is 9.53 Å². The van der Waals surface area contributed by atoms with Crippen LogP contribution in [0.5, 0.6) is 5.75 Å². The zero-order valence-corrected chi connectivity index (χ0v) is 18.3. The summed E-state index contributed by atoms with van der Waals surface area (Å²) in [5, 5.41) is 6.33. The molecule has 162 valence electrons. The Hall–Kier alpha value is -2.53. The number of ether oxygens (including phenoxy) is 1. The second-order valence-electron chi connectivity index (χ2n) is 8.17. The van der Waals surface area contributed by atoms with Crippen LogP contribution in [0.2, 0.25) is 0 Å². The lowest BCUT2D eigenvalue weighted by Gasteiger charge is -2.31. The lowest BCUT2D eigenvalue weighted by molar-refractivity contribution is -0.119. The van der Waals surface area contributed by atoms with E-state index >= 15 is 0 Å². The van der Waals surface area contributed by atoms with Gasteiger partial charge < -0.3 is 15.4 Å². The van der Waals surface area contributed by atoms with Crippen molar-refractivity contribution >= 4 is 11.6 Å². The van der Waals surface area contributed by atoms with Gasteiger partial charge in [-0.2, -0.15) is 0 Å². The number of carbonyl (C=O) groups excluding carboxylic acids is 1. The number of benzene rings is 2. The molecule has 5 nitrogen and oxygen atoms in total. The van der Waals surface area contributed by atoms with Gasteiger partial charge >= 0.3 is 0 Å². The molecule has 1 aliphatic carbocycles. The van der Waals surface area contributed by atoms with Gasteiger partial charge in [0.25, 0.3) is 0 Å². The molecule has 1 aliphatic rings. The topological polar surface area (TPSA) is 53.6 Å². The van der Waals surface area contributed by atoms with Crippen molar-refractivity contribution in [3.8, 4) is 5.75 Å². The zero-order valence-electron chi connectivity index (χ0n) is 18.3. The summed E-state index contributed by atoms with van der Waals surface area (Å²) in [6.07, 6.45) is 7.44. The van der Waals surface area contributed by atoms with Crippen molar-refractivity contribution in [3.63, 3.8) is 0 Å². The maximum absolute atomic E-state index is 12.3. The molecule has 1 fully saturated rings. The molecule has 1 amide bonds. The van der Waals surface area contributed by atoms with Crippen molar-refractivity contribution in [1.29, 1.82) is 0 Å². The summed E-state index contributed by atoms with van der Waals surface area (Å²) in [5.74, 6) is 0.860. The highest BCUT2D eigenvalue weighted by atomic mass is 16.5. The highest BCUT2D eigenvalue weighted by Crippen LogP contribution is 2.24. The van der Waals surface area contributed by atoms with Crippen LogP contribution < -0.4 is 15.4 Å². The van der Waals surface area contributed by atoms with E-state index in [-0.39, 0.29) is 12.5 Å². The summed E-state index contributed by atoms with van der Waals surface area (Å²) < 4.78 is 5.17. The molecule has 3 rings (SSSR count). The number of nitrogens with zero attached hydrogens (tertiary/aromatic N) is 1. The first kappa shape index (κ1) is 22.2. The summed E-state index contributed by atoms with van der Waals surface area (Å²) in [7, 11) is 3.88. The monoisotopic (exact) mass is 409 g/mol. The predicted octanol–water partition coefficient (Wildman–Crippen LogP) is 4.23. The van der Waals surface area contributed by atoms with E-state index in [2.05, 4.69) is 40.8 Å². The molecule has 0 unspecified atom stereocenters. The number of para-hydroxylation sites is 1. The van der Waals surface area contributed by atoms with Gasteiger partial charge in [0.2, 0.25) is 5.91 Å². The molecular formula is C25H35N3O2. The smallest absolute Gasteiger partial charge is 0.239 e. The van der Waals surface area contributed by atoms with Gasteiger partial charge in [0.15, 0.2) is 0 Å². The molecule has 0 spiro atoms. The number of rotatable bonds is 10. The first-order chi connectivity index (χ1) is 14.7. The van der Waals surface area contributed by atoms with Crippen LogP contribution in [0.4, 0.5) is 5.69 Å². The van der Waals surface area contributed by atoms with Gasteiger partial charge in [-0.05, 0) is 55.6 Å². The van der Waals surface area contributed by atoms with Gasteiger partial charge in [0.1, 0.15) is 5.75 Å². The average molecular weight is 410 g/mol. The van der Waals surface area contributed by atoms with Crippen molar-refractivity contribution in [3.05, 3.63) is 59.7 Å². The fourth-order valence-corrected chi connectivity index (χ4v) is 4.13. The highest BCUT2D eigenvalue weighted by molar-refractivity contribution is 5.80. The molecule has 2 aromatic rings. The number of methoxy groups -OCH3 is 1. The Kier molecular flexibility index (Phi) is 8.57. The molecule has 0 radical (unpaired) electrons. The van der Waals surface area contributed by atoms with Crippen molar-refractivity contribution in [2.24, 2.45) is 0 Å². The number of nitrogens with one attached hydrogen (secondary N) is 2. The van der Waals surface area contributed by atoms with Gasteiger partial charge in [0.05, 0.1) is 13.7 Å². The Balaban J connectivity index is 1.43. The lowest BCUT2D eigenvalue weighted by atomic mass is 9.94. The van der Waals surface area contributed by atoms with Crippen LogP contribution in [0.3, 0.4) is 0 Å². The van der Waals surface area contributed by atoms with E-state index < -0.39 is 0 Å². The van der Waals surface area contributed by atoms with Crippen LogP contribution >= 0.6 is 0 Å². The molecule has 0 aliphatic heterocycles. The van der Waals surface area contributed by atoms with Crippen LogP contribution in [0.1, 0.15) is 43.2 Å². The molecule has 2 aromatic carbocycles. The van der Waals surface area contributed by atoms with E-state index in [0.29, 0.717) is 12.6 Å². The average Bonchev–Trinajstić information content (AvgIpc) is 2.79. The Bertz CT molecular complexity index is 785. The summed E-state index contributed by atoms with van der Waals surface area (Å²) in [6, 6.07) is 16.9. The van der Waals surface area contributed by atoms with Crippen LogP contribution in [0.15, 0.2) is 48.5 Å². The highest BCUT2D eigenvalue weighted by Gasteiger charge is 2.18. The summed E-state index contributed by atoms with van der Waals surface area (Å²) in [6.45, 7) is 1.82. The van der Waals surface area contributed by atoms with Crippen molar-refractivity contribution in [2.75, 3.05) is 32.6 Å². The maximum Gasteiger partial charge on any atom is 0.239 e. The van der Waals surface area contributed by atoms with Gasteiger partial charge in [0, 0.05) is 24.8 Å². The first-order valence-corrected chi connectivity index (χ1v) is 11.1. The third kappa shape index (κ3) is 6.77. The predicted molar refractivity (Wildman–Crippen MR) is 123 cm³/mol. The summed E-state index contributed by atoms with van der Waals surface area (Å²) in [5.41, 5.74) is 3.47. The number of amides is 1. The number of carbonyl (C=O) groups is 1. The Labute approximate surface area is 180 Å². The van der Waals surface area contributed by atoms with Gasteiger partial charge in [-0.3, -0.25) is 9.69 Å². The molecular weight excluding hydrogens is 374 g/mol. The van der Waals surface area contributed by atoms with E-state index in [1.165, 1.54) is 43.2 Å². The summed E-state index contributed by atoms with van der Waals surface area (Å²) >= 11 is 0. The van der Waals surface area contributed by atoms with E-state index in [1.807, 2.05) is 30.3 Å². The fraction of sp³-hybridized carbons (Fsp3) is 0.480. The van der Waals surface area contributed by atoms with Crippen molar-refractivity contribution in [1.82, 2.24) is 10.2 Å². The third-order valence-electron chi connectivity index (χ3n) is 5.97. The quantitative estimate of drug-likeness (QED) is 0.617. The number of hydrogen-bond acceptors (Lipinski definition) is 4. The van der Waals surface area contributed by atoms with E-state index in [0.717, 1.165) is 24.4 Å². The normalized spacial score (nSPS) is 14.5. The molecule has 0 heterocycles. The fourth-order valence-electron chi connectivity index (χ4n) is 4.13. The van der Waals surface area contributed by atoms with Crippen molar-refractivity contribution in [2.45, 2.75) is 51.1 Å². The van der Waals surface area contributed by atoms with Crippen LogP contribution in [0, 0.1) is 0 Å². The Morgan fingerprint density at radius 1 is 1.07 bits per heavy atom. The lowest BCUT2D eigenvalue weighted by Crippen LogP contribution is -2.33. The second kappa shape index (κ2) is 11.6. The molecule has 0 bridgehead atoms. The molecule has 5 heteroatoms. The minimum atomic E-state index is 0.0129. The molecule has 0 atom stereocenters. The van der Waals surface area contributed by atoms with E-state index in [4.69, 9.17) is 4.74 Å². The maximum atomic E-state index is 12.3. The Morgan fingerprint density at radius 2 is 1.80 bits per heavy atom. The molecule has 0 saturated heterocycles. The zero-order chi connectivity index (χ0) is 21.2. The van der Waals surface area contributed by atoms with E-state index in [1.54, 1.807) is 7.11 Å². The third-order valence-corrected chi connectivity index (χ3v) is 5.97. The van der Waals surface area contributed by atoms with Crippen LogP contribution in [0.25, 0.3) is 0 Å². The largest absolute Gasteiger partial charge is 0.497 e. The summed E-state index contributed by atoms with van der Waals surface area (Å²) in [4.78, 5) is 14.8. The minimum absolute atomic E-state index is 0.0129.